The standard InChI is InChI=1S/C27H32FN7O4S/c1-16-12-34(9-10-35(16)23(36)14-33(4)26(38)24-17(2)39-15-29-24)21-6-5-18(28)11-19(21)25(37)31-27-30-20-7-8-32(3)13-22(20)40-27/h5-6,11,15-16H,7-10,12-14H2,1-4H3,(H,30,31,37)/t16-/m1/s1. The van der Waals surface area contributed by atoms with Crippen molar-refractivity contribution in [1.82, 2.24) is 24.7 Å². The molecule has 212 valence electrons. The van der Waals surface area contributed by atoms with Crippen molar-refractivity contribution >= 4 is 39.9 Å². The minimum atomic E-state index is -0.508. The van der Waals surface area contributed by atoms with E-state index in [-0.39, 0.29) is 35.7 Å². The van der Waals surface area contributed by atoms with Gasteiger partial charge in [0.2, 0.25) is 5.91 Å². The molecule has 0 bridgehead atoms. The first kappa shape index (κ1) is 27.7. The molecular weight excluding hydrogens is 537 g/mol. The van der Waals surface area contributed by atoms with Crippen LogP contribution in [-0.2, 0) is 17.8 Å². The smallest absolute Gasteiger partial charge is 0.276 e. The lowest BCUT2D eigenvalue weighted by atomic mass is 10.1. The van der Waals surface area contributed by atoms with Gasteiger partial charge in [0.05, 0.1) is 17.8 Å². The number of hydrogen-bond donors (Lipinski definition) is 1. The van der Waals surface area contributed by atoms with E-state index in [1.807, 2.05) is 18.9 Å². The highest BCUT2D eigenvalue weighted by Crippen LogP contribution is 2.30. The summed E-state index contributed by atoms with van der Waals surface area (Å²) in [6.45, 7) is 6.43. The molecule has 1 N–H and O–H groups in total. The maximum Gasteiger partial charge on any atom is 0.276 e. The van der Waals surface area contributed by atoms with Gasteiger partial charge in [-0.3, -0.25) is 19.7 Å². The summed E-state index contributed by atoms with van der Waals surface area (Å²) in [5.74, 6) is -1.12. The first-order valence-electron chi connectivity index (χ1n) is 13.1. The Balaban J connectivity index is 1.25. The van der Waals surface area contributed by atoms with Gasteiger partial charge in [0.15, 0.2) is 17.2 Å². The van der Waals surface area contributed by atoms with Crippen LogP contribution in [0.15, 0.2) is 29.0 Å². The third kappa shape index (κ3) is 5.70. The summed E-state index contributed by atoms with van der Waals surface area (Å²) >= 11 is 1.44. The lowest BCUT2D eigenvalue weighted by Crippen LogP contribution is -2.56. The number of carbonyl (C=O) groups excluding carboxylic acids is 3. The van der Waals surface area contributed by atoms with Crippen LogP contribution in [0, 0.1) is 12.7 Å². The lowest BCUT2D eigenvalue weighted by molar-refractivity contribution is -0.134. The largest absolute Gasteiger partial charge is 0.448 e. The van der Waals surface area contributed by atoms with Gasteiger partial charge in [0.1, 0.15) is 11.6 Å². The zero-order valence-corrected chi connectivity index (χ0v) is 23.8. The number of benzene rings is 1. The predicted molar refractivity (Wildman–Crippen MR) is 148 cm³/mol. The number of likely N-dealkylation sites (N-methyl/N-ethyl adjacent to an activating group) is 2. The van der Waals surface area contributed by atoms with Gasteiger partial charge in [-0.2, -0.15) is 0 Å². The van der Waals surface area contributed by atoms with E-state index in [0.29, 0.717) is 36.2 Å². The minimum absolute atomic E-state index is 0.104. The number of nitrogens with one attached hydrogen (secondary N) is 1. The molecule has 11 nitrogen and oxygen atoms in total. The molecule has 0 unspecified atom stereocenters. The SMILES string of the molecule is Cc1ocnc1C(=O)N(C)CC(=O)N1CCN(c2ccc(F)cc2C(=O)Nc2nc3c(s2)CN(C)CC3)C[C@H]1C. The number of fused-ring (bicyclic) bond motifs is 1. The first-order valence-corrected chi connectivity index (χ1v) is 13.9. The number of amides is 3. The van der Waals surface area contributed by atoms with Gasteiger partial charge in [0, 0.05) is 62.8 Å². The van der Waals surface area contributed by atoms with Crippen LogP contribution in [0.25, 0.3) is 0 Å². The number of hydrogen-bond acceptors (Lipinski definition) is 9. The van der Waals surface area contributed by atoms with Crippen molar-refractivity contribution in [3.8, 4) is 0 Å². The molecule has 0 saturated carbocycles. The molecule has 3 aromatic rings. The number of halogens is 1. The van der Waals surface area contributed by atoms with Crippen molar-refractivity contribution in [1.29, 1.82) is 0 Å². The quantitative estimate of drug-likeness (QED) is 0.482. The van der Waals surface area contributed by atoms with Gasteiger partial charge in [0.25, 0.3) is 11.8 Å². The summed E-state index contributed by atoms with van der Waals surface area (Å²) in [6.07, 6.45) is 2.03. The van der Waals surface area contributed by atoms with E-state index < -0.39 is 11.7 Å². The Morgan fingerprint density at radius 2 is 2.05 bits per heavy atom. The Bertz CT molecular complexity index is 1440. The molecule has 0 spiro atoms. The van der Waals surface area contributed by atoms with Crippen molar-refractivity contribution in [3.63, 3.8) is 0 Å². The molecule has 4 heterocycles. The normalized spacial score (nSPS) is 17.5. The molecule has 3 amide bonds. The zero-order valence-electron chi connectivity index (χ0n) is 22.9. The number of oxazole rings is 1. The number of piperazine rings is 1. The predicted octanol–water partition coefficient (Wildman–Crippen LogP) is 2.63. The topological polar surface area (TPSA) is 115 Å². The summed E-state index contributed by atoms with van der Waals surface area (Å²) in [5, 5.41) is 3.37. The van der Waals surface area contributed by atoms with Gasteiger partial charge in [-0.05, 0) is 39.1 Å². The fourth-order valence-corrected chi connectivity index (χ4v) is 6.19. The average Bonchev–Trinajstić information content (AvgIpc) is 3.52. The Labute approximate surface area is 235 Å². The third-order valence-corrected chi connectivity index (χ3v) is 8.30. The van der Waals surface area contributed by atoms with E-state index in [1.165, 1.54) is 34.8 Å². The van der Waals surface area contributed by atoms with Gasteiger partial charge < -0.3 is 24.0 Å². The number of carbonyl (C=O) groups is 3. The van der Waals surface area contributed by atoms with Gasteiger partial charge >= 0.3 is 0 Å². The number of aromatic nitrogens is 2. The Hall–Kier alpha value is -3.84. The fourth-order valence-electron chi connectivity index (χ4n) is 5.11. The second-order valence-electron chi connectivity index (χ2n) is 10.3. The molecule has 0 radical (unpaired) electrons. The number of nitrogens with zero attached hydrogens (tertiary/aromatic N) is 6. The molecular formula is C27H32FN7O4S. The maximum absolute atomic E-state index is 14.3. The average molecular weight is 570 g/mol. The molecule has 2 aliphatic heterocycles. The van der Waals surface area contributed by atoms with Crippen LogP contribution >= 0.6 is 11.3 Å². The summed E-state index contributed by atoms with van der Waals surface area (Å²) in [4.78, 5) is 55.9. The molecule has 0 aliphatic carbocycles. The molecule has 40 heavy (non-hydrogen) atoms. The Morgan fingerprint density at radius 1 is 1.25 bits per heavy atom. The molecule has 1 fully saturated rings. The first-order chi connectivity index (χ1) is 19.1. The second-order valence-corrected chi connectivity index (χ2v) is 11.4. The summed E-state index contributed by atoms with van der Waals surface area (Å²) in [6, 6.07) is 3.96. The molecule has 1 atom stereocenters. The molecule has 5 rings (SSSR count). The van der Waals surface area contributed by atoms with Gasteiger partial charge in [-0.1, -0.05) is 0 Å². The maximum atomic E-state index is 14.3. The number of anilines is 2. The molecule has 2 aliphatic rings. The van der Waals surface area contributed by atoms with E-state index in [4.69, 9.17) is 4.42 Å². The third-order valence-electron chi connectivity index (χ3n) is 7.30. The highest BCUT2D eigenvalue weighted by atomic mass is 32.1. The van der Waals surface area contributed by atoms with Crippen LogP contribution in [0.1, 0.15) is 44.1 Å². The van der Waals surface area contributed by atoms with Crippen molar-refractivity contribution in [3.05, 3.63) is 58.0 Å². The monoisotopic (exact) mass is 569 g/mol. The van der Waals surface area contributed by atoms with Crippen LogP contribution in [-0.4, -0.2) is 95.3 Å². The lowest BCUT2D eigenvalue weighted by Gasteiger charge is -2.42. The highest BCUT2D eigenvalue weighted by molar-refractivity contribution is 7.15. The van der Waals surface area contributed by atoms with E-state index in [0.717, 1.165) is 30.1 Å². The Kier molecular flexibility index (Phi) is 7.86. The Morgan fingerprint density at radius 3 is 2.77 bits per heavy atom. The summed E-state index contributed by atoms with van der Waals surface area (Å²) < 4.78 is 19.4. The van der Waals surface area contributed by atoms with E-state index >= 15 is 0 Å². The van der Waals surface area contributed by atoms with E-state index in [1.54, 1.807) is 24.9 Å². The van der Waals surface area contributed by atoms with E-state index in [2.05, 4.69) is 20.2 Å². The number of aryl methyl sites for hydroxylation is 1. The van der Waals surface area contributed by atoms with Crippen LogP contribution in [0.2, 0.25) is 0 Å². The zero-order chi connectivity index (χ0) is 28.6. The van der Waals surface area contributed by atoms with Crippen molar-refractivity contribution in [2.24, 2.45) is 0 Å². The van der Waals surface area contributed by atoms with E-state index in [9.17, 15) is 18.8 Å². The van der Waals surface area contributed by atoms with Gasteiger partial charge in [-0.15, -0.1) is 11.3 Å². The molecule has 1 aromatic carbocycles. The van der Waals surface area contributed by atoms with Crippen LogP contribution in [0.3, 0.4) is 0 Å². The van der Waals surface area contributed by atoms with Crippen LogP contribution < -0.4 is 10.2 Å². The fraction of sp³-hybridized carbons (Fsp3) is 0.444. The molecule has 13 heteroatoms. The highest BCUT2D eigenvalue weighted by Gasteiger charge is 2.31. The van der Waals surface area contributed by atoms with Crippen LogP contribution in [0.4, 0.5) is 15.2 Å². The molecule has 1 saturated heterocycles. The van der Waals surface area contributed by atoms with Crippen molar-refractivity contribution < 1.29 is 23.2 Å². The minimum Gasteiger partial charge on any atom is -0.448 e. The number of rotatable bonds is 6. The summed E-state index contributed by atoms with van der Waals surface area (Å²) in [7, 11) is 3.60. The summed E-state index contributed by atoms with van der Waals surface area (Å²) in [5.41, 5.74) is 1.98. The number of thiazole rings is 1. The van der Waals surface area contributed by atoms with Crippen molar-refractivity contribution in [2.75, 3.05) is 57.0 Å². The second kappa shape index (κ2) is 11.3. The molecule has 2 aromatic heterocycles. The van der Waals surface area contributed by atoms with Gasteiger partial charge in [-0.25, -0.2) is 14.4 Å². The van der Waals surface area contributed by atoms with Crippen LogP contribution in [0.5, 0.6) is 0 Å². The van der Waals surface area contributed by atoms with Crippen molar-refractivity contribution in [2.45, 2.75) is 32.9 Å².